The molecule has 0 bridgehead atoms. The topological polar surface area (TPSA) is 58.8 Å². The number of anilines is 1. The molecule has 2 fully saturated rings. The van der Waals surface area contributed by atoms with Crippen LogP contribution in [0.25, 0.3) is 0 Å². The molecule has 6 nitrogen and oxygen atoms in total. The van der Waals surface area contributed by atoms with Crippen molar-refractivity contribution in [2.75, 3.05) is 50.8 Å². The number of benzene rings is 1. The van der Waals surface area contributed by atoms with Crippen LogP contribution in [0.15, 0.2) is 18.2 Å². The molecule has 2 aliphatic heterocycles. The second kappa shape index (κ2) is 7.27. The van der Waals surface area contributed by atoms with Gasteiger partial charge in [0.2, 0.25) is 0 Å². The summed E-state index contributed by atoms with van der Waals surface area (Å²) in [5.74, 6) is 0.664. The summed E-state index contributed by atoms with van der Waals surface area (Å²) in [6, 6.07) is 5.48. The summed E-state index contributed by atoms with van der Waals surface area (Å²) in [6.07, 6.45) is 2.45. The number of aryl methyl sites for hydroxylation is 1. The van der Waals surface area contributed by atoms with Crippen LogP contribution in [0.1, 0.15) is 18.4 Å². The third-order valence-corrected chi connectivity index (χ3v) is 4.88. The molecule has 0 aromatic heterocycles. The molecular formula is C17H25N3O3. The van der Waals surface area contributed by atoms with E-state index in [1.807, 2.05) is 19.1 Å². The van der Waals surface area contributed by atoms with E-state index in [1.165, 1.54) is 12.8 Å². The van der Waals surface area contributed by atoms with Crippen molar-refractivity contribution in [3.63, 3.8) is 0 Å². The van der Waals surface area contributed by atoms with Crippen molar-refractivity contribution >= 4 is 11.4 Å². The smallest absolute Gasteiger partial charge is 0.272 e. The van der Waals surface area contributed by atoms with Gasteiger partial charge in [-0.25, -0.2) is 0 Å². The summed E-state index contributed by atoms with van der Waals surface area (Å²) in [5, 5.41) is 11.0. The zero-order chi connectivity index (χ0) is 16.2. The lowest BCUT2D eigenvalue weighted by molar-refractivity contribution is -0.385. The summed E-state index contributed by atoms with van der Waals surface area (Å²) >= 11 is 0. The molecule has 2 heterocycles. The molecular weight excluding hydrogens is 294 g/mol. The predicted molar refractivity (Wildman–Crippen MR) is 90.0 cm³/mol. The average Bonchev–Trinajstić information content (AvgIpc) is 2.55. The zero-order valence-corrected chi connectivity index (χ0v) is 13.7. The highest BCUT2D eigenvalue weighted by molar-refractivity contribution is 5.55. The fourth-order valence-corrected chi connectivity index (χ4v) is 3.64. The summed E-state index contributed by atoms with van der Waals surface area (Å²) in [5.41, 5.74) is 2.05. The van der Waals surface area contributed by atoms with Crippen molar-refractivity contribution < 1.29 is 9.66 Å². The molecule has 1 aromatic rings. The van der Waals surface area contributed by atoms with E-state index in [0.29, 0.717) is 5.92 Å². The number of hydrogen-bond donors (Lipinski definition) is 0. The number of ether oxygens (including phenoxy) is 1. The Morgan fingerprint density at radius 3 is 2.78 bits per heavy atom. The molecule has 0 amide bonds. The van der Waals surface area contributed by atoms with Crippen LogP contribution in [0.3, 0.4) is 0 Å². The van der Waals surface area contributed by atoms with Gasteiger partial charge in [0, 0.05) is 50.0 Å². The van der Waals surface area contributed by atoms with Gasteiger partial charge in [-0.2, -0.15) is 0 Å². The highest BCUT2D eigenvalue weighted by Crippen LogP contribution is 2.28. The molecule has 23 heavy (non-hydrogen) atoms. The molecule has 3 rings (SSSR count). The maximum Gasteiger partial charge on any atom is 0.272 e. The van der Waals surface area contributed by atoms with Crippen LogP contribution in [0.2, 0.25) is 0 Å². The third kappa shape index (κ3) is 4.00. The van der Waals surface area contributed by atoms with Crippen molar-refractivity contribution in [2.24, 2.45) is 5.92 Å². The maximum atomic E-state index is 11.0. The van der Waals surface area contributed by atoms with Gasteiger partial charge in [0.1, 0.15) is 0 Å². The van der Waals surface area contributed by atoms with Crippen LogP contribution in [0.4, 0.5) is 11.4 Å². The lowest BCUT2D eigenvalue weighted by atomic mass is 9.96. The first-order valence-electron chi connectivity index (χ1n) is 8.43. The predicted octanol–water partition coefficient (Wildman–Crippen LogP) is 2.45. The molecule has 6 heteroatoms. The molecule has 0 N–H and O–H groups in total. The fourth-order valence-electron chi connectivity index (χ4n) is 3.64. The largest absolute Gasteiger partial charge is 0.379 e. The number of morpholine rings is 1. The van der Waals surface area contributed by atoms with E-state index >= 15 is 0 Å². The van der Waals surface area contributed by atoms with Crippen molar-refractivity contribution in [3.05, 3.63) is 33.9 Å². The standard InChI is InChI=1S/C17H25N3O3/c1-14-11-16(4-5-17(14)20(21)22)19-6-2-3-15(13-19)12-18-7-9-23-10-8-18/h4-5,11,15H,2-3,6-10,12-13H2,1H3/t15-/m1/s1. The fraction of sp³-hybridized carbons (Fsp3) is 0.647. The van der Waals surface area contributed by atoms with Crippen LogP contribution in [-0.4, -0.2) is 55.8 Å². The Bertz CT molecular complexity index is 558. The van der Waals surface area contributed by atoms with Crippen LogP contribution < -0.4 is 4.90 Å². The van der Waals surface area contributed by atoms with Gasteiger partial charge in [0.25, 0.3) is 5.69 Å². The monoisotopic (exact) mass is 319 g/mol. The molecule has 2 saturated heterocycles. The summed E-state index contributed by atoms with van der Waals surface area (Å²) < 4.78 is 5.42. The van der Waals surface area contributed by atoms with Gasteiger partial charge < -0.3 is 9.64 Å². The van der Waals surface area contributed by atoms with E-state index < -0.39 is 0 Å². The van der Waals surface area contributed by atoms with Gasteiger partial charge in [0.15, 0.2) is 0 Å². The molecule has 0 aliphatic carbocycles. The first kappa shape index (κ1) is 16.2. The summed E-state index contributed by atoms with van der Waals surface area (Å²) in [7, 11) is 0. The number of nitro benzene ring substituents is 1. The van der Waals surface area contributed by atoms with Gasteiger partial charge in [-0.3, -0.25) is 15.0 Å². The maximum absolute atomic E-state index is 11.0. The second-order valence-corrected chi connectivity index (χ2v) is 6.60. The summed E-state index contributed by atoms with van der Waals surface area (Å²) in [6.45, 7) is 8.78. The van der Waals surface area contributed by atoms with Gasteiger partial charge in [-0.05, 0) is 37.8 Å². The van der Waals surface area contributed by atoms with E-state index in [0.717, 1.165) is 57.2 Å². The first-order valence-corrected chi connectivity index (χ1v) is 8.43. The Kier molecular flexibility index (Phi) is 5.13. The number of nitrogens with zero attached hydrogens (tertiary/aromatic N) is 3. The Hall–Kier alpha value is -1.66. The molecule has 2 aliphatic rings. The molecule has 0 spiro atoms. The number of rotatable bonds is 4. The number of hydrogen-bond acceptors (Lipinski definition) is 5. The van der Waals surface area contributed by atoms with Crippen LogP contribution in [0, 0.1) is 23.0 Å². The SMILES string of the molecule is Cc1cc(N2CCC[C@H](CN3CCOCC3)C2)ccc1[N+](=O)[O-]. The number of nitro groups is 1. The van der Waals surface area contributed by atoms with Crippen LogP contribution in [0.5, 0.6) is 0 Å². The van der Waals surface area contributed by atoms with E-state index in [9.17, 15) is 10.1 Å². The minimum atomic E-state index is -0.309. The van der Waals surface area contributed by atoms with Crippen molar-refractivity contribution in [2.45, 2.75) is 19.8 Å². The highest BCUT2D eigenvalue weighted by Gasteiger charge is 2.24. The average molecular weight is 319 g/mol. The van der Waals surface area contributed by atoms with Gasteiger partial charge in [-0.1, -0.05) is 0 Å². The Morgan fingerprint density at radius 1 is 1.30 bits per heavy atom. The van der Waals surface area contributed by atoms with E-state index in [-0.39, 0.29) is 10.6 Å². The van der Waals surface area contributed by atoms with Crippen molar-refractivity contribution in [1.82, 2.24) is 4.90 Å². The molecule has 126 valence electrons. The van der Waals surface area contributed by atoms with E-state index in [2.05, 4.69) is 9.80 Å². The van der Waals surface area contributed by atoms with Gasteiger partial charge in [0.05, 0.1) is 18.1 Å². The molecule has 0 unspecified atom stereocenters. The quantitative estimate of drug-likeness (QED) is 0.630. The normalized spacial score (nSPS) is 23.0. The number of piperidine rings is 1. The summed E-state index contributed by atoms with van der Waals surface area (Å²) in [4.78, 5) is 15.5. The minimum Gasteiger partial charge on any atom is -0.379 e. The lowest BCUT2D eigenvalue weighted by Crippen LogP contribution is -2.44. The van der Waals surface area contributed by atoms with Gasteiger partial charge in [-0.15, -0.1) is 0 Å². The van der Waals surface area contributed by atoms with Crippen molar-refractivity contribution in [3.8, 4) is 0 Å². The minimum absolute atomic E-state index is 0.204. The van der Waals surface area contributed by atoms with Crippen LogP contribution in [-0.2, 0) is 4.74 Å². The lowest BCUT2D eigenvalue weighted by Gasteiger charge is -2.38. The second-order valence-electron chi connectivity index (χ2n) is 6.60. The van der Waals surface area contributed by atoms with E-state index in [1.54, 1.807) is 6.07 Å². The molecule has 0 radical (unpaired) electrons. The highest BCUT2D eigenvalue weighted by atomic mass is 16.6. The Labute approximate surface area is 137 Å². The zero-order valence-electron chi connectivity index (χ0n) is 13.7. The molecule has 1 atom stereocenters. The Balaban J connectivity index is 1.63. The third-order valence-electron chi connectivity index (χ3n) is 4.88. The molecule has 0 saturated carbocycles. The van der Waals surface area contributed by atoms with Gasteiger partial charge >= 0.3 is 0 Å². The molecule has 1 aromatic carbocycles. The first-order chi connectivity index (χ1) is 11.1. The van der Waals surface area contributed by atoms with Crippen molar-refractivity contribution in [1.29, 1.82) is 0 Å². The Morgan fingerprint density at radius 2 is 2.09 bits per heavy atom. The van der Waals surface area contributed by atoms with Crippen LogP contribution >= 0.6 is 0 Å². The van der Waals surface area contributed by atoms with E-state index in [4.69, 9.17) is 4.74 Å².